The van der Waals surface area contributed by atoms with Crippen LogP contribution in [0.1, 0.15) is 19.5 Å². The van der Waals surface area contributed by atoms with Crippen LogP contribution in [-0.4, -0.2) is 51.4 Å². The summed E-state index contributed by atoms with van der Waals surface area (Å²) in [6.45, 7) is 7.90. The van der Waals surface area contributed by atoms with E-state index >= 15 is 4.39 Å². The molecule has 32 heavy (non-hydrogen) atoms. The number of ether oxygens (including phenoxy) is 1. The normalized spacial score (nSPS) is 19.1. The van der Waals surface area contributed by atoms with Gasteiger partial charge in [-0.2, -0.15) is 5.10 Å². The smallest absolute Gasteiger partial charge is 0.180 e. The summed E-state index contributed by atoms with van der Waals surface area (Å²) in [7, 11) is 3.45. The lowest BCUT2D eigenvalue weighted by Crippen LogP contribution is -2.54. The van der Waals surface area contributed by atoms with Crippen LogP contribution in [0.5, 0.6) is 5.75 Å². The minimum atomic E-state index is -0.293. The van der Waals surface area contributed by atoms with Gasteiger partial charge < -0.3 is 24.7 Å². The van der Waals surface area contributed by atoms with Crippen molar-refractivity contribution in [1.82, 2.24) is 24.5 Å². The monoisotopic (exact) mass is 437 g/mol. The molecular weight excluding hydrogens is 409 g/mol. The molecule has 1 aliphatic heterocycles. The maximum absolute atomic E-state index is 15.4. The fraction of sp³-hybridized carbons (Fsp3) is 0.391. The van der Waals surface area contributed by atoms with E-state index in [0.717, 1.165) is 41.3 Å². The topological polar surface area (TPSA) is 71.7 Å². The third-order valence-corrected chi connectivity index (χ3v) is 5.93. The van der Waals surface area contributed by atoms with Gasteiger partial charge in [0.05, 0.1) is 29.4 Å². The molecule has 8 nitrogen and oxygen atoms in total. The van der Waals surface area contributed by atoms with E-state index in [9.17, 15) is 0 Å². The molecule has 3 aromatic heterocycles. The number of benzene rings is 1. The molecule has 5 rings (SSSR count). The van der Waals surface area contributed by atoms with Crippen molar-refractivity contribution in [3.63, 3.8) is 0 Å². The summed E-state index contributed by atoms with van der Waals surface area (Å²) in [6, 6.07) is 6.17. The third-order valence-electron chi connectivity index (χ3n) is 5.93. The number of imidazole rings is 1. The number of rotatable bonds is 4. The first-order chi connectivity index (χ1) is 15.3. The predicted octanol–water partition coefficient (Wildman–Crippen LogP) is 3.61. The Kier molecular flexibility index (Phi) is 4.93. The molecule has 2 N–H and O–H groups in total. The van der Waals surface area contributed by atoms with Gasteiger partial charge >= 0.3 is 0 Å². The predicted molar refractivity (Wildman–Crippen MR) is 125 cm³/mol. The van der Waals surface area contributed by atoms with Crippen molar-refractivity contribution in [2.24, 2.45) is 7.05 Å². The van der Waals surface area contributed by atoms with Gasteiger partial charge in [-0.1, -0.05) is 0 Å². The standard InChI is InChI=1S/C23H28FN7O/c1-13-9-30(10-14(2)25-13)17-7-18(24)21-19(8-17)29(4)28-22(21)27-16-6-20(32-5)23-26-15(3)11-31(23)12-16/h6-8,11-14,25H,9-10H2,1-5H3,(H,27,28)/t13-,14+. The number of piperazine rings is 1. The lowest BCUT2D eigenvalue weighted by molar-refractivity contribution is 0.407. The summed E-state index contributed by atoms with van der Waals surface area (Å²) in [5, 5.41) is 11.8. The van der Waals surface area contributed by atoms with Crippen LogP contribution in [0, 0.1) is 12.7 Å². The van der Waals surface area contributed by atoms with Crippen molar-refractivity contribution in [2.45, 2.75) is 32.9 Å². The average molecular weight is 438 g/mol. The van der Waals surface area contributed by atoms with Crippen LogP contribution in [0.2, 0.25) is 0 Å². The molecule has 4 aromatic rings. The Hall–Kier alpha value is -3.33. The number of methoxy groups -OCH3 is 1. The second-order valence-electron chi connectivity index (χ2n) is 8.70. The number of nitrogens with one attached hydrogen (secondary N) is 2. The Morgan fingerprint density at radius 3 is 2.62 bits per heavy atom. The molecule has 0 radical (unpaired) electrons. The van der Waals surface area contributed by atoms with Gasteiger partial charge in [-0.15, -0.1) is 0 Å². The fourth-order valence-electron chi connectivity index (χ4n) is 4.67. The number of aryl methyl sites for hydroxylation is 2. The highest BCUT2D eigenvalue weighted by molar-refractivity contribution is 5.94. The first-order valence-corrected chi connectivity index (χ1v) is 10.8. The van der Waals surface area contributed by atoms with Crippen molar-refractivity contribution in [2.75, 3.05) is 30.4 Å². The molecule has 4 heterocycles. The van der Waals surface area contributed by atoms with Crippen molar-refractivity contribution in [3.05, 3.63) is 42.1 Å². The van der Waals surface area contributed by atoms with Gasteiger partial charge in [-0.25, -0.2) is 9.37 Å². The zero-order valence-corrected chi connectivity index (χ0v) is 19.0. The molecule has 168 valence electrons. The number of fused-ring (bicyclic) bond motifs is 2. The molecule has 0 amide bonds. The van der Waals surface area contributed by atoms with Crippen LogP contribution in [0.3, 0.4) is 0 Å². The van der Waals surface area contributed by atoms with E-state index < -0.39 is 0 Å². The summed E-state index contributed by atoms with van der Waals surface area (Å²) < 4.78 is 24.5. The minimum Gasteiger partial charge on any atom is -0.493 e. The van der Waals surface area contributed by atoms with Crippen LogP contribution in [0.4, 0.5) is 21.6 Å². The van der Waals surface area contributed by atoms with Crippen molar-refractivity contribution in [1.29, 1.82) is 0 Å². The van der Waals surface area contributed by atoms with Gasteiger partial charge in [-0.05, 0) is 32.9 Å². The highest BCUT2D eigenvalue weighted by Gasteiger charge is 2.24. The number of halogens is 1. The first kappa shape index (κ1) is 20.6. The van der Waals surface area contributed by atoms with Gasteiger partial charge in [0.2, 0.25) is 0 Å². The van der Waals surface area contributed by atoms with Gasteiger partial charge in [0.1, 0.15) is 5.82 Å². The second-order valence-corrected chi connectivity index (χ2v) is 8.70. The zero-order valence-electron chi connectivity index (χ0n) is 19.0. The maximum atomic E-state index is 15.4. The summed E-state index contributed by atoms with van der Waals surface area (Å²) in [4.78, 5) is 6.72. The molecular formula is C23H28FN7O. The third kappa shape index (κ3) is 3.52. The second kappa shape index (κ2) is 7.67. The number of nitrogens with zero attached hydrogens (tertiary/aromatic N) is 5. The van der Waals surface area contributed by atoms with Crippen molar-refractivity contribution in [3.8, 4) is 5.75 Å². The van der Waals surface area contributed by atoms with E-state index in [-0.39, 0.29) is 5.82 Å². The Bertz CT molecular complexity index is 1300. The summed E-state index contributed by atoms with van der Waals surface area (Å²) in [5.41, 5.74) is 3.98. The maximum Gasteiger partial charge on any atom is 0.180 e. The van der Waals surface area contributed by atoms with E-state index in [2.05, 4.69) is 39.5 Å². The van der Waals surface area contributed by atoms with E-state index in [4.69, 9.17) is 4.74 Å². The van der Waals surface area contributed by atoms with Crippen LogP contribution in [-0.2, 0) is 7.05 Å². The molecule has 1 aliphatic rings. The van der Waals surface area contributed by atoms with Crippen LogP contribution in [0.15, 0.2) is 30.6 Å². The molecule has 0 aliphatic carbocycles. The van der Waals surface area contributed by atoms with E-state index in [1.54, 1.807) is 17.9 Å². The summed E-state index contributed by atoms with van der Waals surface area (Å²) >= 11 is 0. The molecule has 0 spiro atoms. The first-order valence-electron chi connectivity index (χ1n) is 10.8. The number of pyridine rings is 1. The Morgan fingerprint density at radius 1 is 1.16 bits per heavy atom. The Morgan fingerprint density at radius 2 is 1.91 bits per heavy atom. The average Bonchev–Trinajstić information content (AvgIpc) is 3.25. The highest BCUT2D eigenvalue weighted by atomic mass is 19.1. The van der Waals surface area contributed by atoms with Crippen LogP contribution < -0.4 is 20.3 Å². The molecule has 2 atom stereocenters. The molecule has 0 saturated carbocycles. The molecule has 9 heteroatoms. The van der Waals surface area contributed by atoms with E-state index in [0.29, 0.717) is 29.0 Å². The minimum absolute atomic E-state index is 0.293. The van der Waals surface area contributed by atoms with Crippen molar-refractivity contribution < 1.29 is 9.13 Å². The zero-order chi connectivity index (χ0) is 22.6. The Labute approximate surface area is 186 Å². The van der Waals surface area contributed by atoms with Gasteiger partial charge in [-0.3, -0.25) is 4.68 Å². The summed E-state index contributed by atoms with van der Waals surface area (Å²) in [6.07, 6.45) is 3.82. The number of hydrogen-bond acceptors (Lipinski definition) is 6. The lowest BCUT2D eigenvalue weighted by Gasteiger charge is -2.37. The van der Waals surface area contributed by atoms with Gasteiger partial charge in [0, 0.05) is 56.4 Å². The summed E-state index contributed by atoms with van der Waals surface area (Å²) in [5.74, 6) is 0.804. The molecule has 1 aromatic carbocycles. The largest absolute Gasteiger partial charge is 0.493 e. The quantitative estimate of drug-likeness (QED) is 0.508. The lowest BCUT2D eigenvalue weighted by atomic mass is 10.1. The van der Waals surface area contributed by atoms with Crippen molar-refractivity contribution >= 4 is 33.7 Å². The van der Waals surface area contributed by atoms with E-state index in [1.165, 1.54) is 0 Å². The van der Waals surface area contributed by atoms with Crippen LogP contribution >= 0.6 is 0 Å². The number of hydrogen-bond donors (Lipinski definition) is 2. The highest BCUT2D eigenvalue weighted by Crippen LogP contribution is 2.33. The fourth-order valence-corrected chi connectivity index (χ4v) is 4.67. The van der Waals surface area contributed by atoms with Gasteiger partial charge in [0.25, 0.3) is 0 Å². The van der Waals surface area contributed by atoms with E-state index in [1.807, 2.05) is 42.9 Å². The Balaban J connectivity index is 1.54. The van der Waals surface area contributed by atoms with Crippen LogP contribution in [0.25, 0.3) is 16.6 Å². The molecule has 1 saturated heterocycles. The number of aromatic nitrogens is 4. The SMILES string of the molecule is COc1cc(Nc2nn(C)c3cc(N4C[C@@H](C)N[C@@H](C)C4)cc(F)c23)cn2cc(C)nc12. The van der Waals surface area contributed by atoms with Gasteiger partial charge in [0.15, 0.2) is 17.2 Å². The molecule has 0 unspecified atom stereocenters. The number of anilines is 3. The molecule has 0 bridgehead atoms. The molecule has 1 fully saturated rings.